The molecule has 6 nitrogen and oxygen atoms in total. The molecule has 4 N–H and O–H groups in total. The number of aliphatic hydroxyl groups excluding tert-OH is 1. The molecule has 1 aromatic rings. The van der Waals surface area contributed by atoms with E-state index in [1.165, 1.54) is 6.42 Å². The first-order chi connectivity index (χ1) is 9.19. The van der Waals surface area contributed by atoms with Crippen molar-refractivity contribution in [3.63, 3.8) is 0 Å². The minimum atomic E-state index is -0.329. The van der Waals surface area contributed by atoms with Gasteiger partial charge in [-0.25, -0.2) is 9.97 Å². The second kappa shape index (κ2) is 6.68. The Kier molecular flexibility index (Phi) is 4.93. The molecule has 1 fully saturated rings. The van der Waals surface area contributed by atoms with Crippen molar-refractivity contribution in [2.75, 3.05) is 18.2 Å². The van der Waals surface area contributed by atoms with Crippen LogP contribution in [0.4, 0.5) is 11.6 Å². The SMILES string of the molecule is COCc1nc(N)cc(NC2CCCCCC2O)n1. The van der Waals surface area contributed by atoms with Gasteiger partial charge in [-0.2, -0.15) is 0 Å². The molecule has 1 saturated carbocycles. The van der Waals surface area contributed by atoms with Crippen LogP contribution in [0.15, 0.2) is 6.07 Å². The quantitative estimate of drug-likeness (QED) is 0.711. The normalized spacial score (nSPS) is 23.9. The van der Waals surface area contributed by atoms with Gasteiger partial charge in [0.2, 0.25) is 0 Å². The van der Waals surface area contributed by atoms with Crippen molar-refractivity contribution >= 4 is 11.6 Å². The lowest BCUT2D eigenvalue weighted by molar-refractivity contribution is 0.144. The van der Waals surface area contributed by atoms with Crippen molar-refractivity contribution in [2.24, 2.45) is 0 Å². The number of aliphatic hydroxyl groups is 1. The first-order valence-corrected chi connectivity index (χ1v) is 6.76. The highest BCUT2D eigenvalue weighted by Gasteiger charge is 2.21. The van der Waals surface area contributed by atoms with E-state index >= 15 is 0 Å². The molecule has 0 saturated heterocycles. The van der Waals surface area contributed by atoms with Crippen LogP contribution in [-0.4, -0.2) is 34.3 Å². The van der Waals surface area contributed by atoms with Crippen molar-refractivity contribution < 1.29 is 9.84 Å². The average molecular weight is 266 g/mol. The molecule has 1 heterocycles. The number of hydrogen-bond acceptors (Lipinski definition) is 6. The summed E-state index contributed by atoms with van der Waals surface area (Å²) >= 11 is 0. The van der Waals surface area contributed by atoms with Crippen molar-refractivity contribution in [2.45, 2.75) is 50.9 Å². The summed E-state index contributed by atoms with van der Waals surface area (Å²) in [5, 5.41) is 13.4. The summed E-state index contributed by atoms with van der Waals surface area (Å²) in [4.78, 5) is 8.44. The molecule has 0 bridgehead atoms. The number of nitrogens with two attached hydrogens (primary N) is 1. The zero-order valence-corrected chi connectivity index (χ0v) is 11.3. The second-order valence-electron chi connectivity index (χ2n) is 4.98. The Morgan fingerprint density at radius 3 is 2.95 bits per heavy atom. The minimum Gasteiger partial charge on any atom is -0.391 e. The average Bonchev–Trinajstić information content (AvgIpc) is 2.55. The van der Waals surface area contributed by atoms with Gasteiger partial charge in [0.05, 0.1) is 12.1 Å². The van der Waals surface area contributed by atoms with Gasteiger partial charge < -0.3 is 20.9 Å². The lowest BCUT2D eigenvalue weighted by Gasteiger charge is -2.22. The molecule has 1 aliphatic carbocycles. The maximum Gasteiger partial charge on any atom is 0.158 e. The third kappa shape index (κ3) is 4.04. The fourth-order valence-corrected chi connectivity index (χ4v) is 2.43. The second-order valence-corrected chi connectivity index (χ2v) is 4.98. The summed E-state index contributed by atoms with van der Waals surface area (Å²) in [5.41, 5.74) is 5.75. The number of hydrogen-bond donors (Lipinski definition) is 3. The fraction of sp³-hybridized carbons (Fsp3) is 0.692. The van der Waals surface area contributed by atoms with E-state index in [0.717, 1.165) is 25.7 Å². The van der Waals surface area contributed by atoms with Gasteiger partial charge in [-0.05, 0) is 12.8 Å². The standard InChI is InChI=1S/C13H22N4O2/c1-19-8-13-16-11(14)7-12(17-13)15-9-5-3-2-4-6-10(9)18/h7,9-10,18H,2-6,8H2,1H3,(H3,14,15,16,17). The molecule has 2 unspecified atom stereocenters. The Bertz CT molecular complexity index is 414. The summed E-state index contributed by atoms with van der Waals surface area (Å²) in [6.07, 6.45) is 4.84. The molecular formula is C13H22N4O2. The van der Waals surface area contributed by atoms with E-state index in [1.807, 2.05) is 0 Å². The van der Waals surface area contributed by atoms with E-state index in [-0.39, 0.29) is 12.1 Å². The van der Waals surface area contributed by atoms with Gasteiger partial charge in [-0.15, -0.1) is 0 Å². The Morgan fingerprint density at radius 1 is 1.37 bits per heavy atom. The van der Waals surface area contributed by atoms with Gasteiger partial charge in [0.25, 0.3) is 0 Å². The fourth-order valence-electron chi connectivity index (χ4n) is 2.43. The van der Waals surface area contributed by atoms with E-state index in [9.17, 15) is 5.11 Å². The van der Waals surface area contributed by atoms with Crippen molar-refractivity contribution in [3.8, 4) is 0 Å². The van der Waals surface area contributed by atoms with Crippen LogP contribution in [0.3, 0.4) is 0 Å². The first-order valence-electron chi connectivity index (χ1n) is 6.76. The number of nitrogens with one attached hydrogen (secondary N) is 1. The van der Waals surface area contributed by atoms with Gasteiger partial charge in [-0.1, -0.05) is 19.3 Å². The Morgan fingerprint density at radius 2 is 2.16 bits per heavy atom. The van der Waals surface area contributed by atoms with Crippen LogP contribution in [0, 0.1) is 0 Å². The summed E-state index contributed by atoms with van der Waals surface area (Å²) in [6, 6.07) is 1.73. The first kappa shape index (κ1) is 14.0. The molecule has 1 aliphatic rings. The van der Waals surface area contributed by atoms with Crippen LogP contribution in [0.2, 0.25) is 0 Å². The molecule has 0 aliphatic heterocycles. The molecular weight excluding hydrogens is 244 g/mol. The topological polar surface area (TPSA) is 93.3 Å². The summed E-state index contributed by atoms with van der Waals surface area (Å²) in [6.45, 7) is 0.326. The van der Waals surface area contributed by atoms with E-state index < -0.39 is 0 Å². The van der Waals surface area contributed by atoms with E-state index in [2.05, 4.69) is 15.3 Å². The van der Waals surface area contributed by atoms with Crippen LogP contribution < -0.4 is 11.1 Å². The number of aromatic nitrogens is 2. The van der Waals surface area contributed by atoms with Gasteiger partial charge in [-0.3, -0.25) is 0 Å². The summed E-state index contributed by atoms with van der Waals surface area (Å²) < 4.78 is 5.01. The molecule has 0 radical (unpaired) electrons. The molecule has 2 atom stereocenters. The number of ether oxygens (including phenoxy) is 1. The minimum absolute atomic E-state index is 0.0344. The number of methoxy groups -OCH3 is 1. The maximum atomic E-state index is 10.1. The number of nitrogen functional groups attached to an aromatic ring is 1. The molecule has 0 spiro atoms. The lowest BCUT2D eigenvalue weighted by atomic mass is 10.1. The predicted molar refractivity (Wildman–Crippen MR) is 73.7 cm³/mol. The number of nitrogens with zero attached hydrogens (tertiary/aromatic N) is 2. The van der Waals surface area contributed by atoms with Crippen molar-refractivity contribution in [3.05, 3.63) is 11.9 Å². The zero-order chi connectivity index (χ0) is 13.7. The molecule has 0 aromatic carbocycles. The van der Waals surface area contributed by atoms with Crippen molar-refractivity contribution in [1.82, 2.24) is 9.97 Å². The third-order valence-corrected chi connectivity index (χ3v) is 3.38. The van der Waals surface area contributed by atoms with Crippen LogP contribution in [0.5, 0.6) is 0 Å². The van der Waals surface area contributed by atoms with Crippen molar-refractivity contribution in [1.29, 1.82) is 0 Å². The lowest BCUT2D eigenvalue weighted by Crippen LogP contribution is -2.33. The molecule has 6 heteroatoms. The highest BCUT2D eigenvalue weighted by molar-refractivity contribution is 5.45. The largest absolute Gasteiger partial charge is 0.391 e. The number of rotatable bonds is 4. The van der Waals surface area contributed by atoms with E-state index in [1.54, 1.807) is 13.2 Å². The Balaban J connectivity index is 2.08. The zero-order valence-electron chi connectivity index (χ0n) is 11.3. The predicted octanol–water partition coefficient (Wildman–Crippen LogP) is 1.31. The van der Waals surface area contributed by atoms with Gasteiger partial charge in [0, 0.05) is 13.2 Å². The van der Waals surface area contributed by atoms with Crippen LogP contribution in [-0.2, 0) is 11.3 Å². The number of anilines is 2. The molecule has 106 valence electrons. The van der Waals surface area contributed by atoms with Crippen LogP contribution in [0.1, 0.15) is 37.9 Å². The van der Waals surface area contributed by atoms with Gasteiger partial charge in [0.15, 0.2) is 5.82 Å². The highest BCUT2D eigenvalue weighted by atomic mass is 16.5. The van der Waals surface area contributed by atoms with Crippen LogP contribution in [0.25, 0.3) is 0 Å². The van der Waals surface area contributed by atoms with Gasteiger partial charge in [0.1, 0.15) is 18.2 Å². The van der Waals surface area contributed by atoms with E-state index in [4.69, 9.17) is 10.5 Å². The molecule has 0 amide bonds. The monoisotopic (exact) mass is 266 g/mol. The van der Waals surface area contributed by atoms with E-state index in [0.29, 0.717) is 24.1 Å². The maximum absolute atomic E-state index is 10.1. The Hall–Kier alpha value is -1.40. The third-order valence-electron chi connectivity index (χ3n) is 3.38. The summed E-state index contributed by atoms with van der Waals surface area (Å²) in [5.74, 6) is 1.62. The summed E-state index contributed by atoms with van der Waals surface area (Å²) in [7, 11) is 1.59. The van der Waals surface area contributed by atoms with Gasteiger partial charge >= 0.3 is 0 Å². The highest BCUT2D eigenvalue weighted by Crippen LogP contribution is 2.21. The Labute approximate surface area is 113 Å². The molecule has 19 heavy (non-hydrogen) atoms. The molecule has 1 aromatic heterocycles. The van der Waals surface area contributed by atoms with Crippen LogP contribution >= 0.6 is 0 Å². The smallest absolute Gasteiger partial charge is 0.158 e. The molecule has 2 rings (SSSR count).